The first-order valence-electron chi connectivity index (χ1n) is 10.2. The number of imidazole rings is 1. The van der Waals surface area contributed by atoms with E-state index in [4.69, 9.17) is 4.98 Å². The second-order valence-electron chi connectivity index (χ2n) is 7.74. The second kappa shape index (κ2) is 7.42. The van der Waals surface area contributed by atoms with E-state index < -0.39 is 0 Å². The first kappa shape index (κ1) is 18.6. The molecule has 7 nitrogen and oxygen atoms in total. The molecule has 7 heteroatoms. The summed E-state index contributed by atoms with van der Waals surface area (Å²) >= 11 is 0. The van der Waals surface area contributed by atoms with Crippen molar-refractivity contribution in [3.05, 3.63) is 65.9 Å². The number of nitrogens with one attached hydrogen (secondary N) is 2. The van der Waals surface area contributed by atoms with E-state index in [-0.39, 0.29) is 0 Å². The smallest absolute Gasteiger partial charge is 0.160 e. The van der Waals surface area contributed by atoms with E-state index in [1.54, 1.807) is 6.33 Å². The van der Waals surface area contributed by atoms with Crippen LogP contribution in [0.1, 0.15) is 17.0 Å². The van der Waals surface area contributed by atoms with Gasteiger partial charge < -0.3 is 20.1 Å². The van der Waals surface area contributed by atoms with Gasteiger partial charge in [0.15, 0.2) is 5.82 Å². The fraction of sp³-hybridized carbons (Fsp3) is 0.261. The maximum absolute atomic E-state index is 4.75. The van der Waals surface area contributed by atoms with E-state index in [0.29, 0.717) is 6.54 Å². The third-order valence-electron chi connectivity index (χ3n) is 5.79. The van der Waals surface area contributed by atoms with Gasteiger partial charge in [0.05, 0.1) is 35.1 Å². The molecule has 1 aliphatic heterocycles. The third kappa shape index (κ3) is 3.17. The molecule has 0 saturated carbocycles. The number of anilines is 4. The average Bonchev–Trinajstić information content (AvgIpc) is 3.07. The van der Waals surface area contributed by atoms with Crippen LogP contribution in [0.15, 0.2) is 48.9 Å². The van der Waals surface area contributed by atoms with Gasteiger partial charge in [-0.15, -0.1) is 0 Å². The summed E-state index contributed by atoms with van der Waals surface area (Å²) in [7, 11) is 2.07. The molecule has 0 fully saturated rings. The molecule has 0 bridgehead atoms. The van der Waals surface area contributed by atoms with Crippen molar-refractivity contribution < 1.29 is 0 Å². The zero-order chi connectivity index (χ0) is 20.7. The molecule has 0 radical (unpaired) electrons. The van der Waals surface area contributed by atoms with E-state index >= 15 is 0 Å². The minimum atomic E-state index is 0.716. The monoisotopic (exact) mass is 399 g/mol. The fourth-order valence-corrected chi connectivity index (χ4v) is 3.98. The molecule has 0 atom stereocenters. The second-order valence-corrected chi connectivity index (χ2v) is 7.74. The number of nitrogens with zero attached hydrogens (tertiary/aromatic N) is 5. The highest BCUT2D eigenvalue weighted by molar-refractivity contribution is 5.90. The Balaban J connectivity index is 1.34. The summed E-state index contributed by atoms with van der Waals surface area (Å²) in [4.78, 5) is 15.7. The zero-order valence-corrected chi connectivity index (χ0v) is 17.5. The van der Waals surface area contributed by atoms with Gasteiger partial charge >= 0.3 is 0 Å². The number of para-hydroxylation sites is 2. The third-order valence-corrected chi connectivity index (χ3v) is 5.79. The molecule has 0 amide bonds. The lowest BCUT2D eigenvalue weighted by atomic mass is 10.0. The molecular formula is C23H25N7. The Kier molecular flexibility index (Phi) is 4.59. The molecule has 2 aromatic heterocycles. The van der Waals surface area contributed by atoms with Crippen LogP contribution in [-0.2, 0) is 13.6 Å². The maximum Gasteiger partial charge on any atom is 0.160 e. The van der Waals surface area contributed by atoms with Gasteiger partial charge in [0.2, 0.25) is 0 Å². The Morgan fingerprint density at radius 2 is 1.90 bits per heavy atom. The largest absolute Gasteiger partial charge is 0.350 e. The van der Waals surface area contributed by atoms with Crippen molar-refractivity contribution >= 4 is 33.9 Å². The summed E-state index contributed by atoms with van der Waals surface area (Å²) in [6.07, 6.45) is 3.44. The molecule has 1 aliphatic rings. The van der Waals surface area contributed by atoms with Crippen LogP contribution in [0.3, 0.4) is 0 Å². The summed E-state index contributed by atoms with van der Waals surface area (Å²) < 4.78 is 2.15. The first-order chi connectivity index (χ1) is 14.6. The zero-order valence-electron chi connectivity index (χ0n) is 17.5. The molecule has 5 rings (SSSR count). The average molecular weight is 400 g/mol. The van der Waals surface area contributed by atoms with Crippen LogP contribution in [0.4, 0.5) is 22.9 Å². The van der Waals surface area contributed by atoms with Gasteiger partial charge in [0.25, 0.3) is 0 Å². The highest BCUT2D eigenvalue weighted by Gasteiger charge is 2.24. The molecular weight excluding hydrogens is 374 g/mol. The van der Waals surface area contributed by atoms with Crippen molar-refractivity contribution in [3.8, 4) is 0 Å². The van der Waals surface area contributed by atoms with E-state index in [2.05, 4.69) is 75.2 Å². The number of fused-ring (bicyclic) bond motifs is 3. The van der Waals surface area contributed by atoms with Gasteiger partial charge in [-0.2, -0.15) is 0 Å². The number of hydrogen-bond donors (Lipinski definition) is 2. The molecule has 4 aromatic rings. The van der Waals surface area contributed by atoms with E-state index in [1.807, 2.05) is 18.3 Å². The summed E-state index contributed by atoms with van der Waals surface area (Å²) in [5.41, 5.74) is 7.89. The molecule has 3 heterocycles. The minimum absolute atomic E-state index is 0.716. The van der Waals surface area contributed by atoms with Crippen molar-refractivity contribution in [1.82, 2.24) is 24.8 Å². The summed E-state index contributed by atoms with van der Waals surface area (Å²) in [6, 6.07) is 12.7. The number of aromatic nitrogens is 4. The van der Waals surface area contributed by atoms with Crippen LogP contribution < -0.4 is 15.5 Å². The first-order valence-corrected chi connectivity index (χ1v) is 10.2. The van der Waals surface area contributed by atoms with E-state index in [9.17, 15) is 0 Å². The summed E-state index contributed by atoms with van der Waals surface area (Å²) in [6.45, 7) is 6.60. The minimum Gasteiger partial charge on any atom is -0.350 e. The van der Waals surface area contributed by atoms with Crippen LogP contribution in [-0.4, -0.2) is 32.6 Å². The van der Waals surface area contributed by atoms with Crippen LogP contribution in [0.25, 0.3) is 11.0 Å². The van der Waals surface area contributed by atoms with Crippen LogP contribution in [0, 0.1) is 13.8 Å². The fourth-order valence-electron chi connectivity index (χ4n) is 3.98. The van der Waals surface area contributed by atoms with Crippen LogP contribution in [0.2, 0.25) is 0 Å². The van der Waals surface area contributed by atoms with Gasteiger partial charge in [-0.1, -0.05) is 12.1 Å². The Morgan fingerprint density at radius 1 is 1.07 bits per heavy atom. The van der Waals surface area contributed by atoms with Gasteiger partial charge in [0.1, 0.15) is 17.8 Å². The van der Waals surface area contributed by atoms with E-state index in [1.165, 1.54) is 11.1 Å². The lowest BCUT2D eigenvalue weighted by Crippen LogP contribution is -2.32. The van der Waals surface area contributed by atoms with Crippen molar-refractivity contribution in [1.29, 1.82) is 0 Å². The van der Waals surface area contributed by atoms with Crippen molar-refractivity contribution in [2.24, 2.45) is 7.05 Å². The van der Waals surface area contributed by atoms with Gasteiger partial charge in [-0.05, 0) is 49.2 Å². The summed E-state index contributed by atoms with van der Waals surface area (Å²) in [5, 5.41) is 7.03. The van der Waals surface area contributed by atoms with Crippen LogP contribution in [0.5, 0.6) is 0 Å². The normalized spacial score (nSPS) is 12.6. The molecule has 2 N–H and O–H groups in total. The highest BCUT2D eigenvalue weighted by atomic mass is 15.3. The van der Waals surface area contributed by atoms with Crippen molar-refractivity contribution in [2.75, 3.05) is 23.3 Å². The molecule has 0 saturated heterocycles. The Labute approximate surface area is 175 Å². The number of benzene rings is 2. The maximum atomic E-state index is 4.75. The quantitative estimate of drug-likeness (QED) is 0.495. The lowest BCUT2D eigenvalue weighted by Gasteiger charge is -2.33. The standard InChI is InChI=1S/C23H25N7/c1-15-10-18-21(11-16(15)2)30(23-19(27-18)12-25-14-26-23)9-8-24-13-22-28-17-6-4-5-7-20(17)29(22)3/h4-7,10-12,14,24,27H,8-9,13H2,1-3H3. The Hall–Kier alpha value is -3.45. The molecule has 30 heavy (non-hydrogen) atoms. The predicted octanol–water partition coefficient (Wildman–Crippen LogP) is 3.97. The number of rotatable bonds is 5. The Morgan fingerprint density at radius 3 is 2.77 bits per heavy atom. The topological polar surface area (TPSA) is 70.9 Å². The van der Waals surface area contributed by atoms with Gasteiger partial charge in [0, 0.05) is 20.1 Å². The van der Waals surface area contributed by atoms with Gasteiger partial charge in [-0.25, -0.2) is 15.0 Å². The number of hydrogen-bond acceptors (Lipinski definition) is 6. The molecule has 152 valence electrons. The SMILES string of the molecule is Cc1cc2c(cc1C)N(CCNCc1nc3ccccc3n1C)c1ncncc1N2. The van der Waals surface area contributed by atoms with Crippen molar-refractivity contribution in [3.63, 3.8) is 0 Å². The Bertz CT molecular complexity index is 1230. The van der Waals surface area contributed by atoms with E-state index in [0.717, 1.165) is 52.8 Å². The number of aryl methyl sites for hydroxylation is 3. The lowest BCUT2D eigenvalue weighted by molar-refractivity contribution is 0.642. The van der Waals surface area contributed by atoms with Crippen LogP contribution >= 0.6 is 0 Å². The van der Waals surface area contributed by atoms with Gasteiger partial charge in [-0.3, -0.25) is 0 Å². The predicted molar refractivity (Wildman–Crippen MR) is 121 cm³/mol. The molecule has 0 spiro atoms. The molecule has 0 unspecified atom stereocenters. The van der Waals surface area contributed by atoms with Crippen molar-refractivity contribution in [2.45, 2.75) is 20.4 Å². The highest BCUT2D eigenvalue weighted by Crippen LogP contribution is 2.42. The molecule has 2 aromatic carbocycles. The summed E-state index contributed by atoms with van der Waals surface area (Å²) in [5.74, 6) is 1.94. The molecule has 0 aliphatic carbocycles.